The fraction of sp³-hybridized carbons (Fsp3) is 0.909. The molecule has 1 aliphatic heterocycles. The number of nitrogens with two attached hydrogens (primary N) is 1. The smallest absolute Gasteiger partial charge is 0.410 e. The number of hydrogen-bond acceptors (Lipinski definition) is 3. The summed E-state index contributed by atoms with van der Waals surface area (Å²) in [5.74, 6) is 1.13. The number of fused-ring (bicyclic) bond motifs is 1. The van der Waals surface area contributed by atoms with Crippen LogP contribution in [0.25, 0.3) is 0 Å². The number of carbonyl (C=O) groups excluding carboxylic acids is 1. The van der Waals surface area contributed by atoms with E-state index in [1.807, 2.05) is 20.8 Å². The number of hydrogen-bond donors (Lipinski definition) is 1. The molecule has 0 radical (unpaired) electrons. The molecule has 1 amide bonds. The van der Waals surface area contributed by atoms with E-state index in [1.54, 1.807) is 4.90 Å². The molecule has 2 fully saturated rings. The molecule has 1 aliphatic carbocycles. The molecule has 2 aliphatic rings. The molecular weight excluding hydrogens is 192 g/mol. The van der Waals surface area contributed by atoms with Gasteiger partial charge in [-0.3, -0.25) is 0 Å². The molecule has 4 nitrogen and oxygen atoms in total. The van der Waals surface area contributed by atoms with Gasteiger partial charge >= 0.3 is 6.09 Å². The Morgan fingerprint density at radius 1 is 1.40 bits per heavy atom. The van der Waals surface area contributed by atoms with Gasteiger partial charge in [0.05, 0.1) is 0 Å². The molecule has 2 rings (SSSR count). The Hall–Kier alpha value is -0.770. The molecule has 3 atom stereocenters. The maximum absolute atomic E-state index is 11.7. The first-order chi connectivity index (χ1) is 6.87. The highest BCUT2D eigenvalue weighted by Crippen LogP contribution is 2.39. The van der Waals surface area contributed by atoms with E-state index in [9.17, 15) is 4.79 Å². The van der Waals surface area contributed by atoms with Crippen molar-refractivity contribution < 1.29 is 9.53 Å². The number of likely N-dealkylation sites (tertiary alicyclic amines) is 1. The topological polar surface area (TPSA) is 55.6 Å². The summed E-state index contributed by atoms with van der Waals surface area (Å²) in [6, 6.07) is 0.294. The van der Waals surface area contributed by atoms with Crippen LogP contribution in [-0.4, -0.2) is 35.7 Å². The van der Waals surface area contributed by atoms with Crippen molar-refractivity contribution in [2.45, 2.75) is 38.8 Å². The quantitative estimate of drug-likeness (QED) is 0.656. The first-order valence-corrected chi connectivity index (χ1v) is 5.60. The lowest BCUT2D eigenvalue weighted by molar-refractivity contribution is 0.0288. The van der Waals surface area contributed by atoms with Crippen LogP contribution in [0, 0.1) is 11.8 Å². The van der Waals surface area contributed by atoms with Crippen LogP contribution in [0.4, 0.5) is 4.79 Å². The predicted molar refractivity (Wildman–Crippen MR) is 57.4 cm³/mol. The van der Waals surface area contributed by atoms with Crippen molar-refractivity contribution in [3.8, 4) is 0 Å². The van der Waals surface area contributed by atoms with Gasteiger partial charge in [0, 0.05) is 19.1 Å². The summed E-state index contributed by atoms with van der Waals surface area (Å²) in [6.45, 7) is 7.28. The van der Waals surface area contributed by atoms with Gasteiger partial charge in [0.15, 0.2) is 0 Å². The van der Waals surface area contributed by atoms with Gasteiger partial charge in [-0.05, 0) is 39.0 Å². The number of carbonyl (C=O) groups is 1. The molecule has 4 heteroatoms. The molecule has 2 N–H and O–H groups in total. The first-order valence-electron chi connectivity index (χ1n) is 5.60. The van der Waals surface area contributed by atoms with E-state index >= 15 is 0 Å². The Bertz CT molecular complexity index is 272. The van der Waals surface area contributed by atoms with Gasteiger partial charge < -0.3 is 15.4 Å². The molecule has 86 valence electrons. The fourth-order valence-corrected chi connectivity index (χ4v) is 2.43. The summed E-state index contributed by atoms with van der Waals surface area (Å²) in [7, 11) is 0. The third kappa shape index (κ3) is 2.09. The van der Waals surface area contributed by atoms with Crippen LogP contribution in [0.2, 0.25) is 0 Å². The average molecular weight is 212 g/mol. The lowest BCUT2D eigenvalue weighted by Gasteiger charge is -2.35. The van der Waals surface area contributed by atoms with Gasteiger partial charge in [0.2, 0.25) is 0 Å². The van der Waals surface area contributed by atoms with Crippen LogP contribution in [0.15, 0.2) is 0 Å². The van der Waals surface area contributed by atoms with Crippen LogP contribution in [-0.2, 0) is 4.74 Å². The van der Waals surface area contributed by atoms with Crippen LogP contribution in [0.5, 0.6) is 0 Å². The number of nitrogens with zero attached hydrogens (tertiary/aromatic N) is 1. The monoisotopic (exact) mass is 212 g/mol. The summed E-state index contributed by atoms with van der Waals surface area (Å²) in [4.78, 5) is 13.5. The highest BCUT2D eigenvalue weighted by molar-refractivity contribution is 5.68. The second kappa shape index (κ2) is 3.37. The second-order valence-electron chi connectivity index (χ2n) is 5.71. The van der Waals surface area contributed by atoms with E-state index in [-0.39, 0.29) is 6.09 Å². The van der Waals surface area contributed by atoms with Crippen molar-refractivity contribution >= 4 is 6.09 Å². The minimum Gasteiger partial charge on any atom is -0.444 e. The molecule has 1 heterocycles. The SMILES string of the molecule is CC(C)(C)OC(=O)N1C[C@@H]2C[C@@H](N)[C@@H]2C1. The van der Waals surface area contributed by atoms with Gasteiger partial charge in [0.25, 0.3) is 0 Å². The molecule has 0 unspecified atom stereocenters. The van der Waals surface area contributed by atoms with Crippen molar-refractivity contribution in [2.24, 2.45) is 17.6 Å². The lowest BCUT2D eigenvalue weighted by atomic mass is 9.72. The summed E-state index contributed by atoms with van der Waals surface area (Å²) < 4.78 is 5.33. The Kier molecular flexibility index (Phi) is 2.41. The third-order valence-electron chi connectivity index (χ3n) is 3.27. The molecule has 0 aromatic rings. The molecule has 15 heavy (non-hydrogen) atoms. The summed E-state index contributed by atoms with van der Waals surface area (Å²) >= 11 is 0. The van der Waals surface area contributed by atoms with Crippen molar-refractivity contribution in [1.29, 1.82) is 0 Å². The summed E-state index contributed by atoms with van der Waals surface area (Å²) in [5, 5.41) is 0. The third-order valence-corrected chi connectivity index (χ3v) is 3.27. The van der Waals surface area contributed by atoms with Crippen molar-refractivity contribution in [3.05, 3.63) is 0 Å². The van der Waals surface area contributed by atoms with Gasteiger partial charge in [-0.15, -0.1) is 0 Å². The summed E-state index contributed by atoms with van der Waals surface area (Å²) in [6.07, 6.45) is 0.869. The predicted octanol–water partition coefficient (Wildman–Crippen LogP) is 1.20. The maximum Gasteiger partial charge on any atom is 0.410 e. The van der Waals surface area contributed by atoms with Gasteiger partial charge in [0.1, 0.15) is 5.60 Å². The molecule has 0 aromatic heterocycles. The Morgan fingerprint density at radius 2 is 2.07 bits per heavy atom. The van der Waals surface area contributed by atoms with Crippen LogP contribution >= 0.6 is 0 Å². The highest BCUT2D eigenvalue weighted by atomic mass is 16.6. The van der Waals surface area contributed by atoms with Crippen LogP contribution in [0.3, 0.4) is 0 Å². The Morgan fingerprint density at radius 3 is 2.53 bits per heavy atom. The Balaban J connectivity index is 1.88. The first kappa shape index (κ1) is 10.7. The van der Waals surface area contributed by atoms with Crippen LogP contribution < -0.4 is 5.73 Å². The molecule has 0 bridgehead atoms. The zero-order valence-electron chi connectivity index (χ0n) is 9.69. The van der Waals surface area contributed by atoms with Gasteiger partial charge in [-0.2, -0.15) is 0 Å². The average Bonchev–Trinajstić information content (AvgIpc) is 2.39. The number of ether oxygens (including phenoxy) is 1. The minimum absolute atomic E-state index is 0.191. The van der Waals surface area contributed by atoms with E-state index < -0.39 is 5.60 Å². The van der Waals surface area contributed by atoms with Crippen molar-refractivity contribution in [1.82, 2.24) is 4.90 Å². The van der Waals surface area contributed by atoms with E-state index in [0.717, 1.165) is 19.5 Å². The van der Waals surface area contributed by atoms with E-state index in [4.69, 9.17) is 10.5 Å². The zero-order valence-corrected chi connectivity index (χ0v) is 9.69. The van der Waals surface area contributed by atoms with Crippen molar-refractivity contribution in [3.63, 3.8) is 0 Å². The van der Waals surface area contributed by atoms with Gasteiger partial charge in [-0.1, -0.05) is 0 Å². The van der Waals surface area contributed by atoms with Gasteiger partial charge in [-0.25, -0.2) is 4.79 Å². The van der Waals surface area contributed by atoms with E-state index in [1.165, 1.54) is 0 Å². The fourth-order valence-electron chi connectivity index (χ4n) is 2.43. The largest absolute Gasteiger partial charge is 0.444 e. The zero-order chi connectivity index (χ0) is 11.2. The lowest BCUT2D eigenvalue weighted by Crippen LogP contribution is -2.46. The standard InChI is InChI=1S/C11H20N2O2/c1-11(2,3)15-10(14)13-5-7-4-9(12)8(7)6-13/h7-9H,4-6,12H2,1-3H3/t7-,8+,9+/m0/s1. The Labute approximate surface area is 90.8 Å². The number of rotatable bonds is 0. The molecular formula is C11H20N2O2. The normalized spacial score (nSPS) is 34.7. The molecule has 0 aromatic carbocycles. The molecule has 1 saturated heterocycles. The van der Waals surface area contributed by atoms with E-state index in [2.05, 4.69) is 0 Å². The molecule has 1 saturated carbocycles. The highest BCUT2D eigenvalue weighted by Gasteiger charge is 2.47. The van der Waals surface area contributed by atoms with Crippen LogP contribution in [0.1, 0.15) is 27.2 Å². The minimum atomic E-state index is -0.402. The summed E-state index contributed by atoms with van der Waals surface area (Å²) in [5.41, 5.74) is 5.47. The number of amides is 1. The maximum atomic E-state index is 11.7. The molecule has 0 spiro atoms. The van der Waals surface area contributed by atoms with E-state index in [0.29, 0.717) is 17.9 Å². The van der Waals surface area contributed by atoms with Crippen molar-refractivity contribution in [2.75, 3.05) is 13.1 Å². The second-order valence-corrected chi connectivity index (χ2v) is 5.71.